The number of imidazole rings is 1. The van der Waals surface area contributed by atoms with Crippen molar-refractivity contribution in [2.24, 2.45) is 0 Å². The van der Waals surface area contributed by atoms with Gasteiger partial charge in [-0.1, -0.05) is 12.1 Å². The Labute approximate surface area is 215 Å². The first kappa shape index (κ1) is 22.1. The minimum atomic E-state index is -0.221. The van der Waals surface area contributed by atoms with Gasteiger partial charge in [0, 0.05) is 27.6 Å². The Balaban J connectivity index is 1.26. The molecule has 1 aliphatic rings. The highest BCUT2D eigenvalue weighted by Crippen LogP contribution is 2.35. The highest BCUT2D eigenvalue weighted by Gasteiger charge is 2.18. The number of nitrogens with zero attached hydrogens (tertiary/aromatic N) is 4. The number of benzene rings is 1. The molecular formula is C27H22FN7OS. The quantitative estimate of drug-likeness (QED) is 0.280. The van der Waals surface area contributed by atoms with E-state index in [2.05, 4.69) is 30.5 Å². The summed E-state index contributed by atoms with van der Waals surface area (Å²) in [5, 5.41) is 11.6. The van der Waals surface area contributed by atoms with Gasteiger partial charge in [0.15, 0.2) is 11.0 Å². The summed E-state index contributed by atoms with van der Waals surface area (Å²) in [6.07, 6.45) is 7.46. The molecule has 1 saturated heterocycles. The zero-order valence-corrected chi connectivity index (χ0v) is 20.5. The Morgan fingerprint density at radius 1 is 1.00 bits per heavy atom. The Kier molecular flexibility index (Phi) is 5.40. The van der Waals surface area contributed by atoms with Crippen molar-refractivity contribution in [2.45, 2.75) is 18.9 Å². The number of aromatic nitrogens is 6. The molecule has 0 unspecified atom stereocenters. The van der Waals surface area contributed by atoms with Crippen LogP contribution in [-0.4, -0.2) is 49.3 Å². The van der Waals surface area contributed by atoms with E-state index in [4.69, 9.17) is 9.72 Å². The minimum absolute atomic E-state index is 0.192. The topological polar surface area (TPSA) is 104 Å². The van der Waals surface area contributed by atoms with E-state index >= 15 is 0 Å². The van der Waals surface area contributed by atoms with Gasteiger partial charge in [-0.3, -0.25) is 15.1 Å². The Hall–Kier alpha value is -4.15. The summed E-state index contributed by atoms with van der Waals surface area (Å²) in [4.78, 5) is 18.1. The van der Waals surface area contributed by atoms with Crippen molar-refractivity contribution < 1.29 is 9.13 Å². The molecule has 0 atom stereocenters. The smallest absolute Gasteiger partial charge is 0.176 e. The van der Waals surface area contributed by atoms with Gasteiger partial charge in [0.1, 0.15) is 17.5 Å². The third kappa shape index (κ3) is 4.13. The number of aromatic amines is 2. The van der Waals surface area contributed by atoms with E-state index in [1.165, 1.54) is 6.07 Å². The Morgan fingerprint density at radius 3 is 2.78 bits per heavy atom. The number of H-pyrrole nitrogens is 2. The van der Waals surface area contributed by atoms with Crippen LogP contribution in [0.4, 0.5) is 4.39 Å². The maximum absolute atomic E-state index is 13.7. The molecule has 0 spiro atoms. The fourth-order valence-electron chi connectivity index (χ4n) is 4.79. The van der Waals surface area contributed by atoms with E-state index in [-0.39, 0.29) is 11.2 Å². The van der Waals surface area contributed by atoms with E-state index in [9.17, 15) is 4.39 Å². The summed E-state index contributed by atoms with van der Waals surface area (Å²) >= 11 is 1.11. The summed E-state index contributed by atoms with van der Waals surface area (Å²) < 4.78 is 19.9. The largest absolute Gasteiger partial charge is 0.489 e. The van der Waals surface area contributed by atoms with Crippen LogP contribution in [0.1, 0.15) is 12.8 Å². The van der Waals surface area contributed by atoms with Crippen LogP contribution in [0.3, 0.4) is 0 Å². The molecular weight excluding hydrogens is 489 g/mol. The van der Waals surface area contributed by atoms with Crippen molar-refractivity contribution in [3.8, 4) is 39.0 Å². The molecule has 10 heteroatoms. The third-order valence-electron chi connectivity index (χ3n) is 6.62. The molecule has 8 nitrogen and oxygen atoms in total. The van der Waals surface area contributed by atoms with Gasteiger partial charge >= 0.3 is 0 Å². The van der Waals surface area contributed by atoms with Crippen LogP contribution < -0.4 is 10.1 Å². The van der Waals surface area contributed by atoms with Gasteiger partial charge in [0.2, 0.25) is 0 Å². The normalized spacial score (nSPS) is 14.5. The van der Waals surface area contributed by atoms with Gasteiger partial charge in [0.05, 0.1) is 34.6 Å². The maximum Gasteiger partial charge on any atom is 0.176 e. The predicted octanol–water partition coefficient (Wildman–Crippen LogP) is 5.56. The van der Waals surface area contributed by atoms with Crippen molar-refractivity contribution in [3.05, 3.63) is 66.2 Å². The first-order valence-corrected chi connectivity index (χ1v) is 12.9. The van der Waals surface area contributed by atoms with Crippen LogP contribution in [0, 0.1) is 5.13 Å². The molecule has 1 aliphatic heterocycles. The standard InChI is InChI=1S/C27H22FN7OS/c28-24-5-4-23(37-24)18-2-1-3-20-25(18)33-27(32-20)26-19-11-21(31-14-22(19)34-35-26)15-10-17(13-30-12-15)36-16-6-8-29-9-7-16/h1-5,10-14,16,29H,6-9H2,(H,32,33)(H,34,35). The van der Waals surface area contributed by atoms with E-state index in [0.717, 1.165) is 86.7 Å². The number of fused-ring (bicyclic) bond motifs is 2. The number of pyridine rings is 2. The minimum Gasteiger partial charge on any atom is -0.489 e. The monoisotopic (exact) mass is 511 g/mol. The molecule has 0 saturated carbocycles. The number of hydrogen-bond acceptors (Lipinski definition) is 7. The Morgan fingerprint density at radius 2 is 1.92 bits per heavy atom. The second kappa shape index (κ2) is 9.06. The molecule has 1 fully saturated rings. The summed E-state index contributed by atoms with van der Waals surface area (Å²) in [6, 6.07) is 13.1. The summed E-state index contributed by atoms with van der Waals surface area (Å²) in [7, 11) is 0. The number of nitrogens with one attached hydrogen (secondary N) is 3. The zero-order valence-electron chi connectivity index (χ0n) is 19.7. The predicted molar refractivity (Wildman–Crippen MR) is 142 cm³/mol. The lowest BCUT2D eigenvalue weighted by Gasteiger charge is -2.23. The van der Waals surface area contributed by atoms with Crippen molar-refractivity contribution in [1.29, 1.82) is 0 Å². The van der Waals surface area contributed by atoms with Crippen molar-refractivity contribution in [2.75, 3.05) is 13.1 Å². The molecule has 0 bridgehead atoms. The average molecular weight is 512 g/mol. The molecule has 1 aromatic carbocycles. The second-order valence-corrected chi connectivity index (χ2v) is 10.1. The number of para-hydroxylation sites is 1. The molecule has 3 N–H and O–H groups in total. The molecule has 7 rings (SSSR count). The Bertz CT molecular complexity index is 1730. The molecule has 0 amide bonds. The number of rotatable bonds is 5. The number of hydrogen-bond donors (Lipinski definition) is 3. The van der Waals surface area contributed by atoms with Gasteiger partial charge in [-0.15, -0.1) is 11.3 Å². The fourth-order valence-corrected chi connectivity index (χ4v) is 5.54. The van der Waals surface area contributed by atoms with Crippen molar-refractivity contribution in [3.63, 3.8) is 0 Å². The molecule has 6 aromatic rings. The van der Waals surface area contributed by atoms with Crippen molar-refractivity contribution in [1.82, 2.24) is 35.5 Å². The van der Waals surface area contributed by atoms with Gasteiger partial charge in [-0.25, -0.2) is 4.98 Å². The zero-order chi connectivity index (χ0) is 24.8. The molecule has 0 radical (unpaired) electrons. The van der Waals surface area contributed by atoms with Gasteiger partial charge < -0.3 is 15.0 Å². The fraction of sp³-hybridized carbons (Fsp3) is 0.185. The summed E-state index contributed by atoms with van der Waals surface area (Å²) in [5.74, 6) is 1.37. The lowest BCUT2D eigenvalue weighted by atomic mass is 10.1. The summed E-state index contributed by atoms with van der Waals surface area (Å²) in [5.41, 5.74) is 5.64. The number of ether oxygens (including phenoxy) is 1. The average Bonchev–Trinajstić information content (AvgIpc) is 3.66. The van der Waals surface area contributed by atoms with E-state index in [1.54, 1.807) is 24.7 Å². The lowest BCUT2D eigenvalue weighted by molar-refractivity contribution is 0.162. The van der Waals surface area contributed by atoms with Crippen LogP contribution in [0.25, 0.3) is 55.2 Å². The maximum atomic E-state index is 13.7. The lowest BCUT2D eigenvalue weighted by Crippen LogP contribution is -2.34. The molecule has 0 aliphatic carbocycles. The van der Waals surface area contributed by atoms with Gasteiger partial charge in [-0.2, -0.15) is 9.49 Å². The summed E-state index contributed by atoms with van der Waals surface area (Å²) in [6.45, 7) is 1.93. The highest BCUT2D eigenvalue weighted by molar-refractivity contribution is 7.14. The highest BCUT2D eigenvalue weighted by atomic mass is 32.1. The van der Waals surface area contributed by atoms with E-state index in [1.807, 2.05) is 30.3 Å². The van der Waals surface area contributed by atoms with Crippen LogP contribution in [0.2, 0.25) is 0 Å². The van der Waals surface area contributed by atoms with Crippen LogP contribution in [0.15, 0.2) is 61.1 Å². The van der Waals surface area contributed by atoms with Gasteiger partial charge in [-0.05, 0) is 56.3 Å². The third-order valence-corrected chi connectivity index (χ3v) is 7.53. The second-order valence-electron chi connectivity index (χ2n) is 9.05. The number of halogens is 1. The molecule has 37 heavy (non-hydrogen) atoms. The first-order chi connectivity index (χ1) is 18.2. The molecule has 5 aromatic heterocycles. The van der Waals surface area contributed by atoms with E-state index < -0.39 is 0 Å². The van der Waals surface area contributed by atoms with Crippen molar-refractivity contribution >= 4 is 33.3 Å². The number of thiophene rings is 1. The molecule has 184 valence electrons. The SMILES string of the molecule is Fc1ccc(-c2cccc3[nH]c(-c4n[nH]c5cnc(-c6cncc(OC7CCNCC7)c6)cc45)nc23)s1. The van der Waals surface area contributed by atoms with Crippen LogP contribution in [-0.2, 0) is 0 Å². The van der Waals surface area contributed by atoms with Crippen LogP contribution in [0.5, 0.6) is 5.75 Å². The van der Waals surface area contributed by atoms with Crippen LogP contribution >= 0.6 is 11.3 Å². The molecule has 6 heterocycles. The van der Waals surface area contributed by atoms with Gasteiger partial charge in [0.25, 0.3) is 0 Å². The number of piperidine rings is 1. The van der Waals surface area contributed by atoms with E-state index in [0.29, 0.717) is 11.5 Å². The first-order valence-electron chi connectivity index (χ1n) is 12.1.